The molecule has 0 heterocycles. The average molecular weight is 339 g/mol. The third-order valence-electron chi connectivity index (χ3n) is 3.50. The first-order chi connectivity index (χ1) is 11.7. The lowest BCUT2D eigenvalue weighted by molar-refractivity contribution is 0.103. The molecule has 0 amide bonds. The van der Waals surface area contributed by atoms with E-state index in [4.69, 9.17) is 21.1 Å². The highest BCUT2D eigenvalue weighted by molar-refractivity contribution is 6.30. The zero-order valence-electron chi connectivity index (χ0n) is 13.0. The van der Waals surface area contributed by atoms with E-state index in [1.807, 2.05) is 18.2 Å². The van der Waals surface area contributed by atoms with Crippen LogP contribution in [0, 0.1) is 0 Å². The van der Waals surface area contributed by atoms with Crippen molar-refractivity contribution in [3.63, 3.8) is 0 Å². The van der Waals surface area contributed by atoms with Crippen molar-refractivity contribution in [1.29, 1.82) is 0 Å². The van der Waals surface area contributed by atoms with E-state index >= 15 is 0 Å². The molecule has 3 aromatic carbocycles. The third kappa shape index (κ3) is 3.76. The summed E-state index contributed by atoms with van der Waals surface area (Å²) in [4.78, 5) is 12.4. The Hall–Kier alpha value is -2.78. The molecule has 0 fully saturated rings. The van der Waals surface area contributed by atoms with Crippen molar-refractivity contribution in [2.24, 2.45) is 0 Å². The van der Waals surface area contributed by atoms with Crippen molar-refractivity contribution in [2.45, 2.75) is 0 Å². The number of benzene rings is 3. The second-order valence-electron chi connectivity index (χ2n) is 5.14. The van der Waals surface area contributed by atoms with Gasteiger partial charge in [0.25, 0.3) is 0 Å². The van der Waals surface area contributed by atoms with E-state index in [0.29, 0.717) is 27.6 Å². The minimum absolute atomic E-state index is 0.0559. The van der Waals surface area contributed by atoms with E-state index in [-0.39, 0.29) is 5.78 Å². The van der Waals surface area contributed by atoms with Crippen LogP contribution in [0.5, 0.6) is 17.2 Å². The van der Waals surface area contributed by atoms with Crippen LogP contribution in [0.25, 0.3) is 0 Å². The van der Waals surface area contributed by atoms with Gasteiger partial charge in [-0.05, 0) is 60.7 Å². The van der Waals surface area contributed by atoms with Gasteiger partial charge in [-0.1, -0.05) is 17.7 Å². The number of rotatable bonds is 5. The molecule has 0 saturated carbocycles. The summed E-state index contributed by atoms with van der Waals surface area (Å²) in [5, 5.41) is 0.605. The number of halogens is 1. The van der Waals surface area contributed by atoms with Crippen molar-refractivity contribution in [2.75, 3.05) is 7.11 Å². The molecule has 0 aliphatic rings. The molecule has 0 aliphatic heterocycles. The van der Waals surface area contributed by atoms with Crippen LogP contribution < -0.4 is 9.47 Å². The lowest BCUT2D eigenvalue weighted by Gasteiger charge is -2.08. The summed E-state index contributed by atoms with van der Waals surface area (Å²) in [6, 6.07) is 21.2. The second-order valence-corrected chi connectivity index (χ2v) is 5.58. The summed E-state index contributed by atoms with van der Waals surface area (Å²) in [6.07, 6.45) is 0. The van der Waals surface area contributed by atoms with E-state index in [1.165, 1.54) is 0 Å². The molecular weight excluding hydrogens is 324 g/mol. The second kappa shape index (κ2) is 7.20. The van der Waals surface area contributed by atoms with Gasteiger partial charge in [0.05, 0.1) is 7.11 Å². The van der Waals surface area contributed by atoms with Crippen LogP contribution in [0.3, 0.4) is 0 Å². The van der Waals surface area contributed by atoms with E-state index in [9.17, 15) is 4.79 Å². The molecule has 3 rings (SSSR count). The van der Waals surface area contributed by atoms with E-state index in [0.717, 1.165) is 5.75 Å². The summed E-state index contributed by atoms with van der Waals surface area (Å²) in [5.41, 5.74) is 1.19. The van der Waals surface area contributed by atoms with Gasteiger partial charge in [0, 0.05) is 22.2 Å². The van der Waals surface area contributed by atoms with E-state index < -0.39 is 0 Å². The molecule has 0 atom stereocenters. The number of carbonyl (C=O) groups excluding carboxylic acids is 1. The van der Waals surface area contributed by atoms with Crippen LogP contribution >= 0.6 is 11.6 Å². The summed E-state index contributed by atoms with van der Waals surface area (Å²) in [6.45, 7) is 0. The van der Waals surface area contributed by atoms with Gasteiger partial charge in [-0.2, -0.15) is 0 Å². The Morgan fingerprint density at radius 2 is 1.38 bits per heavy atom. The Balaban J connectivity index is 1.75. The zero-order chi connectivity index (χ0) is 16.9. The lowest BCUT2D eigenvalue weighted by atomic mass is 10.0. The quantitative estimate of drug-likeness (QED) is 0.586. The van der Waals surface area contributed by atoms with Crippen LogP contribution in [0.15, 0.2) is 72.8 Å². The number of methoxy groups -OCH3 is 1. The van der Waals surface area contributed by atoms with Crippen LogP contribution in [0.4, 0.5) is 0 Å². The number of carbonyl (C=O) groups is 1. The Kier molecular flexibility index (Phi) is 4.82. The zero-order valence-corrected chi connectivity index (χ0v) is 13.8. The largest absolute Gasteiger partial charge is 0.497 e. The Labute approximate surface area is 145 Å². The monoisotopic (exact) mass is 338 g/mol. The molecule has 3 nitrogen and oxygen atoms in total. The SMILES string of the molecule is COc1cccc(Oc2ccc(C(=O)c3ccc(Cl)cc3)cc2)c1. The fourth-order valence-electron chi connectivity index (χ4n) is 2.24. The maximum Gasteiger partial charge on any atom is 0.193 e. The van der Waals surface area contributed by atoms with Crippen molar-refractivity contribution < 1.29 is 14.3 Å². The fourth-order valence-corrected chi connectivity index (χ4v) is 2.37. The predicted octanol–water partition coefficient (Wildman–Crippen LogP) is 5.37. The summed E-state index contributed by atoms with van der Waals surface area (Å²) >= 11 is 5.84. The summed E-state index contributed by atoms with van der Waals surface area (Å²) < 4.78 is 10.9. The van der Waals surface area contributed by atoms with Gasteiger partial charge in [-0.3, -0.25) is 4.79 Å². The average Bonchev–Trinajstić information content (AvgIpc) is 2.62. The van der Waals surface area contributed by atoms with Crippen LogP contribution in [0.2, 0.25) is 5.02 Å². The van der Waals surface area contributed by atoms with Crippen LogP contribution in [-0.2, 0) is 0 Å². The van der Waals surface area contributed by atoms with Crippen molar-refractivity contribution in [1.82, 2.24) is 0 Å². The predicted molar refractivity (Wildman–Crippen MR) is 94.4 cm³/mol. The lowest BCUT2D eigenvalue weighted by Crippen LogP contribution is -2.00. The molecule has 0 saturated heterocycles. The Morgan fingerprint density at radius 1 is 0.792 bits per heavy atom. The van der Waals surface area contributed by atoms with Gasteiger partial charge in [-0.15, -0.1) is 0 Å². The normalized spacial score (nSPS) is 10.2. The molecule has 0 N–H and O–H groups in total. The maximum atomic E-state index is 12.4. The van der Waals surface area contributed by atoms with Gasteiger partial charge in [0.2, 0.25) is 0 Å². The Morgan fingerprint density at radius 3 is 2.00 bits per heavy atom. The number of hydrogen-bond donors (Lipinski definition) is 0. The van der Waals surface area contributed by atoms with Crippen molar-refractivity contribution in [3.05, 3.63) is 88.9 Å². The number of ether oxygens (including phenoxy) is 2. The minimum Gasteiger partial charge on any atom is -0.497 e. The van der Waals surface area contributed by atoms with Gasteiger partial charge >= 0.3 is 0 Å². The van der Waals surface area contributed by atoms with Crippen LogP contribution in [-0.4, -0.2) is 12.9 Å². The molecule has 0 bridgehead atoms. The molecular formula is C20H15ClO3. The highest BCUT2D eigenvalue weighted by Gasteiger charge is 2.09. The minimum atomic E-state index is -0.0559. The Bertz CT molecular complexity index is 840. The molecule has 0 radical (unpaired) electrons. The number of hydrogen-bond acceptors (Lipinski definition) is 3. The molecule has 24 heavy (non-hydrogen) atoms. The van der Waals surface area contributed by atoms with Gasteiger partial charge in [0.15, 0.2) is 5.78 Å². The van der Waals surface area contributed by atoms with Crippen molar-refractivity contribution >= 4 is 17.4 Å². The topological polar surface area (TPSA) is 35.5 Å². The molecule has 4 heteroatoms. The molecule has 0 unspecified atom stereocenters. The van der Waals surface area contributed by atoms with Gasteiger partial charge in [0.1, 0.15) is 17.2 Å². The number of ketones is 1. The highest BCUT2D eigenvalue weighted by Crippen LogP contribution is 2.25. The molecule has 120 valence electrons. The van der Waals surface area contributed by atoms with Crippen molar-refractivity contribution in [3.8, 4) is 17.2 Å². The van der Waals surface area contributed by atoms with E-state index in [1.54, 1.807) is 61.7 Å². The molecule has 0 aliphatic carbocycles. The molecule has 3 aromatic rings. The summed E-state index contributed by atoms with van der Waals surface area (Å²) in [7, 11) is 1.61. The highest BCUT2D eigenvalue weighted by atomic mass is 35.5. The summed E-state index contributed by atoms with van der Waals surface area (Å²) in [5.74, 6) is 1.99. The van der Waals surface area contributed by atoms with Gasteiger partial charge < -0.3 is 9.47 Å². The van der Waals surface area contributed by atoms with E-state index in [2.05, 4.69) is 0 Å². The first kappa shape index (κ1) is 16.1. The fraction of sp³-hybridized carbons (Fsp3) is 0.0500. The molecule has 0 spiro atoms. The standard InChI is InChI=1S/C20H15ClO3/c1-23-18-3-2-4-19(13-18)24-17-11-7-15(8-12-17)20(22)14-5-9-16(21)10-6-14/h2-13H,1H3. The molecule has 0 aromatic heterocycles. The van der Waals surface area contributed by atoms with Crippen LogP contribution in [0.1, 0.15) is 15.9 Å². The first-order valence-corrected chi connectivity index (χ1v) is 7.76. The van der Waals surface area contributed by atoms with Gasteiger partial charge in [-0.25, -0.2) is 0 Å². The maximum absolute atomic E-state index is 12.4. The third-order valence-corrected chi connectivity index (χ3v) is 3.75. The first-order valence-electron chi connectivity index (χ1n) is 7.38. The smallest absolute Gasteiger partial charge is 0.193 e.